The van der Waals surface area contributed by atoms with Gasteiger partial charge >= 0.3 is 10.2 Å². The van der Waals surface area contributed by atoms with Gasteiger partial charge < -0.3 is 5.73 Å². The minimum absolute atomic E-state index is 0.410. The summed E-state index contributed by atoms with van der Waals surface area (Å²) < 4.78 is 28.0. The van der Waals surface area contributed by atoms with E-state index in [0.29, 0.717) is 11.5 Å². The lowest BCUT2D eigenvalue weighted by Crippen LogP contribution is -2.28. The van der Waals surface area contributed by atoms with Gasteiger partial charge in [0.2, 0.25) is 0 Å². The highest BCUT2D eigenvalue weighted by atomic mass is 32.2. The summed E-state index contributed by atoms with van der Waals surface area (Å²) in [5, 5.41) is 0.761. The number of fused-ring (bicyclic) bond motifs is 1. The zero-order chi connectivity index (χ0) is 21.3. The van der Waals surface area contributed by atoms with Gasteiger partial charge in [0.1, 0.15) is 12.1 Å². The van der Waals surface area contributed by atoms with Crippen molar-refractivity contribution >= 4 is 32.6 Å². The zero-order valence-electron chi connectivity index (χ0n) is 16.4. The van der Waals surface area contributed by atoms with Gasteiger partial charge in [0, 0.05) is 36.8 Å². The quantitative estimate of drug-likeness (QED) is 0.513. The molecule has 0 aliphatic rings. The molecule has 2 aromatic heterocycles. The highest BCUT2D eigenvalue weighted by molar-refractivity contribution is 7.90. The molecule has 152 valence electrons. The number of rotatable bonds is 5. The largest absolute Gasteiger partial charge is 0.383 e. The first-order valence-corrected chi connectivity index (χ1v) is 10.6. The molecular formula is C21H20N6O2S. The van der Waals surface area contributed by atoms with E-state index in [1.165, 1.54) is 20.4 Å². The topological polar surface area (TPSA) is 114 Å². The Morgan fingerprint density at radius 1 is 0.933 bits per heavy atom. The number of nitrogen functional groups attached to an aromatic ring is 1. The average molecular weight is 420 g/mol. The molecule has 8 nitrogen and oxygen atoms in total. The molecule has 0 fully saturated rings. The fourth-order valence-electron chi connectivity index (χ4n) is 3.08. The van der Waals surface area contributed by atoms with Crippen LogP contribution in [0.5, 0.6) is 0 Å². The van der Waals surface area contributed by atoms with E-state index in [1.807, 2.05) is 36.4 Å². The van der Waals surface area contributed by atoms with Crippen LogP contribution in [0.1, 0.15) is 0 Å². The number of nitrogens with two attached hydrogens (primary N) is 1. The predicted octanol–water partition coefficient (Wildman–Crippen LogP) is 3.16. The Balaban J connectivity index is 1.80. The average Bonchev–Trinajstić information content (AvgIpc) is 2.74. The Morgan fingerprint density at radius 2 is 1.77 bits per heavy atom. The molecule has 0 aliphatic heterocycles. The smallest absolute Gasteiger partial charge is 0.301 e. The van der Waals surface area contributed by atoms with Crippen molar-refractivity contribution in [3.05, 3.63) is 67.1 Å². The SMILES string of the molecule is CN(C)S(=O)(=O)Nc1cccc(-c2ncccc2-c2ccc3ncnc(N)c3c2)c1. The third-order valence-electron chi connectivity index (χ3n) is 4.65. The van der Waals surface area contributed by atoms with Crippen molar-refractivity contribution in [1.82, 2.24) is 19.3 Å². The lowest BCUT2D eigenvalue weighted by Gasteiger charge is -2.15. The van der Waals surface area contributed by atoms with E-state index >= 15 is 0 Å². The number of benzene rings is 2. The van der Waals surface area contributed by atoms with Gasteiger partial charge in [0.25, 0.3) is 0 Å². The summed E-state index contributed by atoms with van der Waals surface area (Å²) >= 11 is 0. The maximum atomic E-state index is 12.2. The predicted molar refractivity (Wildman–Crippen MR) is 119 cm³/mol. The first-order chi connectivity index (χ1) is 14.3. The van der Waals surface area contributed by atoms with Gasteiger partial charge in [-0.1, -0.05) is 24.3 Å². The monoisotopic (exact) mass is 420 g/mol. The lowest BCUT2D eigenvalue weighted by molar-refractivity contribution is 0.527. The Hall–Kier alpha value is -3.56. The molecule has 4 aromatic rings. The third kappa shape index (κ3) is 3.80. The van der Waals surface area contributed by atoms with Gasteiger partial charge in [0.05, 0.1) is 16.9 Å². The third-order valence-corrected chi connectivity index (χ3v) is 6.10. The molecule has 3 N–H and O–H groups in total. The van der Waals surface area contributed by atoms with Crippen LogP contribution in [-0.2, 0) is 10.2 Å². The Morgan fingerprint density at radius 3 is 2.57 bits per heavy atom. The highest BCUT2D eigenvalue weighted by Crippen LogP contribution is 2.33. The molecule has 0 unspecified atom stereocenters. The molecule has 0 radical (unpaired) electrons. The van der Waals surface area contributed by atoms with Gasteiger partial charge in [-0.2, -0.15) is 12.7 Å². The van der Waals surface area contributed by atoms with Gasteiger partial charge in [-0.25, -0.2) is 9.97 Å². The van der Waals surface area contributed by atoms with E-state index in [1.54, 1.807) is 24.4 Å². The summed E-state index contributed by atoms with van der Waals surface area (Å²) in [7, 11) is -0.666. The van der Waals surface area contributed by atoms with E-state index in [9.17, 15) is 8.42 Å². The van der Waals surface area contributed by atoms with E-state index < -0.39 is 10.2 Å². The zero-order valence-corrected chi connectivity index (χ0v) is 17.3. The van der Waals surface area contributed by atoms with Crippen LogP contribution in [0.25, 0.3) is 33.3 Å². The summed E-state index contributed by atoms with van der Waals surface area (Å²) in [5.41, 5.74) is 10.5. The summed E-state index contributed by atoms with van der Waals surface area (Å²) in [6.07, 6.45) is 3.14. The molecule has 0 atom stereocenters. The molecule has 4 rings (SSSR count). The van der Waals surface area contributed by atoms with Crippen LogP contribution in [0.2, 0.25) is 0 Å². The van der Waals surface area contributed by atoms with Crippen LogP contribution >= 0.6 is 0 Å². The summed E-state index contributed by atoms with van der Waals surface area (Å²) in [4.78, 5) is 12.9. The second-order valence-electron chi connectivity index (χ2n) is 6.86. The number of nitrogens with one attached hydrogen (secondary N) is 1. The molecule has 0 spiro atoms. The van der Waals surface area contributed by atoms with Crippen molar-refractivity contribution in [2.75, 3.05) is 24.6 Å². The summed E-state index contributed by atoms with van der Waals surface area (Å²) in [6, 6.07) is 16.7. The van der Waals surface area contributed by atoms with Crippen LogP contribution < -0.4 is 10.5 Å². The Bertz CT molecular complexity index is 1340. The maximum absolute atomic E-state index is 12.2. The summed E-state index contributed by atoms with van der Waals surface area (Å²) in [5.74, 6) is 0.410. The highest BCUT2D eigenvalue weighted by Gasteiger charge is 2.15. The fourth-order valence-corrected chi connectivity index (χ4v) is 3.69. The summed E-state index contributed by atoms with van der Waals surface area (Å²) in [6.45, 7) is 0. The molecule has 2 aromatic carbocycles. The first-order valence-electron chi connectivity index (χ1n) is 9.11. The van der Waals surface area contributed by atoms with Crippen LogP contribution in [0, 0.1) is 0 Å². The number of anilines is 2. The van der Waals surface area contributed by atoms with E-state index in [2.05, 4.69) is 19.7 Å². The van der Waals surface area contributed by atoms with E-state index in [-0.39, 0.29) is 0 Å². The van der Waals surface area contributed by atoms with Crippen molar-refractivity contribution in [2.24, 2.45) is 0 Å². The molecule has 0 amide bonds. The van der Waals surface area contributed by atoms with Crippen LogP contribution in [-0.4, -0.2) is 41.8 Å². The van der Waals surface area contributed by atoms with Crippen molar-refractivity contribution < 1.29 is 8.42 Å². The first kappa shape index (κ1) is 19.7. The Labute approximate surface area is 174 Å². The molecule has 0 saturated carbocycles. The second-order valence-corrected chi connectivity index (χ2v) is 8.75. The van der Waals surface area contributed by atoms with Crippen molar-refractivity contribution in [3.8, 4) is 22.4 Å². The van der Waals surface area contributed by atoms with E-state index in [4.69, 9.17) is 5.73 Å². The Kier molecular flexibility index (Phi) is 5.06. The molecular weight excluding hydrogens is 400 g/mol. The van der Waals surface area contributed by atoms with Crippen molar-refractivity contribution in [3.63, 3.8) is 0 Å². The molecule has 30 heavy (non-hydrogen) atoms. The van der Waals surface area contributed by atoms with Gasteiger partial charge in [-0.05, 0) is 35.9 Å². The van der Waals surface area contributed by atoms with Gasteiger partial charge in [-0.15, -0.1) is 0 Å². The fraction of sp³-hybridized carbons (Fsp3) is 0.0952. The minimum atomic E-state index is -3.61. The molecule has 0 bridgehead atoms. The number of nitrogens with zero attached hydrogens (tertiary/aromatic N) is 4. The van der Waals surface area contributed by atoms with Crippen LogP contribution in [0.3, 0.4) is 0 Å². The second kappa shape index (κ2) is 7.69. The maximum Gasteiger partial charge on any atom is 0.301 e. The normalized spacial score (nSPS) is 11.7. The minimum Gasteiger partial charge on any atom is -0.383 e. The molecule has 2 heterocycles. The van der Waals surface area contributed by atoms with Gasteiger partial charge in [-0.3, -0.25) is 9.71 Å². The van der Waals surface area contributed by atoms with Crippen LogP contribution in [0.15, 0.2) is 67.1 Å². The van der Waals surface area contributed by atoms with Crippen molar-refractivity contribution in [2.45, 2.75) is 0 Å². The number of hydrogen-bond donors (Lipinski definition) is 2. The van der Waals surface area contributed by atoms with Crippen LogP contribution in [0.4, 0.5) is 11.5 Å². The number of pyridine rings is 1. The molecule has 9 heteroatoms. The molecule has 0 aliphatic carbocycles. The van der Waals surface area contributed by atoms with Gasteiger partial charge in [0.15, 0.2) is 0 Å². The standard InChI is InChI=1S/C21H20N6O2S/c1-27(2)30(28,29)26-16-6-3-5-15(11-16)20-17(7-4-10-23-20)14-8-9-19-18(12-14)21(22)25-13-24-19/h3-13,26H,1-2H3,(H2,22,24,25). The van der Waals surface area contributed by atoms with Crippen molar-refractivity contribution in [1.29, 1.82) is 0 Å². The number of hydrogen-bond acceptors (Lipinski definition) is 6. The molecule has 0 saturated heterocycles. The van der Waals surface area contributed by atoms with E-state index in [0.717, 1.165) is 37.6 Å². The number of aromatic nitrogens is 3. The lowest BCUT2D eigenvalue weighted by atomic mass is 9.98.